The summed E-state index contributed by atoms with van der Waals surface area (Å²) in [6.45, 7) is 22.9. The van der Waals surface area contributed by atoms with E-state index in [1.54, 1.807) is 83.2 Å². The minimum atomic E-state index is -2.00. The summed E-state index contributed by atoms with van der Waals surface area (Å²) in [5.74, 6) is -5.58. The lowest BCUT2D eigenvalue weighted by atomic mass is 9.73. The van der Waals surface area contributed by atoms with Crippen molar-refractivity contribution in [3.05, 3.63) is 0 Å². The molecule has 2 fully saturated rings. The van der Waals surface area contributed by atoms with E-state index in [-0.39, 0.29) is 24.5 Å². The normalized spacial score (nSPS) is 41.2. The molecule has 2 rings (SSSR count). The van der Waals surface area contributed by atoms with Crippen molar-refractivity contribution in [3.63, 3.8) is 0 Å². The Kier molecular flexibility index (Phi) is 15.1. The Morgan fingerprint density at radius 3 is 2.00 bits per heavy atom. The fourth-order valence-electron chi connectivity index (χ4n) is 7.38. The van der Waals surface area contributed by atoms with Crippen LogP contribution in [0.2, 0.25) is 0 Å². The van der Waals surface area contributed by atoms with Crippen molar-refractivity contribution < 1.29 is 59.0 Å². The van der Waals surface area contributed by atoms with Crippen LogP contribution in [0.3, 0.4) is 0 Å². The third-order valence-electron chi connectivity index (χ3n) is 10.8. The maximum absolute atomic E-state index is 13.5. The van der Waals surface area contributed by atoms with E-state index in [1.807, 2.05) is 0 Å². The molecule has 14 atom stereocenters. The number of rotatable bonds is 5. The van der Waals surface area contributed by atoms with Crippen molar-refractivity contribution in [2.45, 2.75) is 176 Å². The van der Waals surface area contributed by atoms with E-state index in [0.717, 1.165) is 0 Å². The molecule has 5 N–H and O–H groups in total. The summed E-state index contributed by atoms with van der Waals surface area (Å²) >= 11 is 0. The molecule has 0 aromatic carbocycles. The molecule has 302 valence electrons. The van der Waals surface area contributed by atoms with E-state index in [0.29, 0.717) is 6.42 Å². The summed E-state index contributed by atoms with van der Waals surface area (Å²) in [4.78, 5) is 46.4. The SMILES string of the molecule is CC[C@H]1OC(=O)[C@H](C)[C@@H](O)[C@H](C)[C@@H](O[C@@H]2O[C@H](C)C[C@H](N(C)C(=O)C(C)(C)C)[C@H]2O)C(C)(O)C[C@@H](C)/C(=N\OC(=O)C(C)(C)C)[C@H](C)[C@@H](O)[C@]1(C)O. The van der Waals surface area contributed by atoms with Gasteiger partial charge >= 0.3 is 11.9 Å². The summed E-state index contributed by atoms with van der Waals surface area (Å²) in [6, 6.07) is -0.700. The van der Waals surface area contributed by atoms with Crippen LogP contribution in [0.1, 0.15) is 116 Å². The molecule has 0 aromatic rings. The number of esters is 1. The highest BCUT2D eigenvalue weighted by Gasteiger charge is 2.51. The van der Waals surface area contributed by atoms with Crippen LogP contribution in [0.25, 0.3) is 0 Å². The highest BCUT2D eigenvalue weighted by atomic mass is 16.7. The number of carbonyl (C=O) groups is 3. The third kappa shape index (κ3) is 10.5. The largest absolute Gasteiger partial charge is 0.459 e. The minimum Gasteiger partial charge on any atom is -0.459 e. The van der Waals surface area contributed by atoms with Gasteiger partial charge in [0.15, 0.2) is 6.29 Å². The summed E-state index contributed by atoms with van der Waals surface area (Å²) in [7, 11) is 1.61. The minimum absolute atomic E-state index is 0.116. The zero-order chi connectivity index (χ0) is 40.5. The van der Waals surface area contributed by atoms with Crippen molar-refractivity contribution in [2.24, 2.45) is 39.7 Å². The van der Waals surface area contributed by atoms with Gasteiger partial charge in [0, 0.05) is 30.2 Å². The number of nitrogens with zero attached hydrogens (tertiary/aromatic N) is 2. The average molecular weight is 745 g/mol. The highest BCUT2D eigenvalue weighted by Crippen LogP contribution is 2.38. The van der Waals surface area contributed by atoms with Gasteiger partial charge in [0.2, 0.25) is 5.91 Å². The van der Waals surface area contributed by atoms with Gasteiger partial charge in [-0.1, -0.05) is 53.6 Å². The first-order valence-electron chi connectivity index (χ1n) is 18.6. The Balaban J connectivity index is 2.72. The standard InChI is InChI=1S/C38H68N2O12/c1-16-25-38(14,48)29(43)21(4)26(39-52-34(46)36(10,11)12)19(2)18-37(13,47)30(22(5)27(41)23(6)31(44)50-25)51-32-28(42)24(17-20(3)49-32)40(15)33(45)35(7,8)9/h19-25,27-30,32,41-43,47-48H,16-18H2,1-15H3/b39-26+/t19-,20-,21+,22+,23-,24+,25-,27+,28-,29-,30-,32+,37?,38-/m1/s1. The number of cyclic esters (lactones) is 1. The molecule has 2 aliphatic rings. The van der Waals surface area contributed by atoms with Gasteiger partial charge < -0.3 is 49.5 Å². The molecule has 0 spiro atoms. The Hall–Kier alpha value is -2.20. The number of oxime groups is 1. The Bertz CT molecular complexity index is 1270. The first kappa shape index (κ1) is 46.0. The third-order valence-corrected chi connectivity index (χ3v) is 10.8. The number of amides is 1. The predicted octanol–water partition coefficient (Wildman–Crippen LogP) is 3.18. The van der Waals surface area contributed by atoms with Crippen LogP contribution in [0.15, 0.2) is 5.16 Å². The Morgan fingerprint density at radius 1 is 0.942 bits per heavy atom. The summed E-state index contributed by atoms with van der Waals surface area (Å²) in [5, 5.41) is 63.1. The first-order chi connectivity index (χ1) is 23.5. The van der Waals surface area contributed by atoms with Crippen molar-refractivity contribution in [3.8, 4) is 0 Å². The number of hydrogen-bond acceptors (Lipinski definition) is 13. The van der Waals surface area contributed by atoms with E-state index in [2.05, 4.69) is 5.16 Å². The first-order valence-corrected chi connectivity index (χ1v) is 18.6. The number of likely N-dealkylation sites (N-methyl/N-ethyl adjacent to an activating group) is 1. The van der Waals surface area contributed by atoms with Crippen LogP contribution in [-0.4, -0.2) is 121 Å². The molecule has 2 heterocycles. The lowest BCUT2D eigenvalue weighted by molar-refractivity contribution is -0.298. The monoisotopic (exact) mass is 744 g/mol. The van der Waals surface area contributed by atoms with Gasteiger partial charge in [0.25, 0.3) is 0 Å². The lowest BCUT2D eigenvalue weighted by Crippen LogP contribution is -2.61. The van der Waals surface area contributed by atoms with Crippen molar-refractivity contribution in [2.75, 3.05) is 7.05 Å². The van der Waals surface area contributed by atoms with E-state index in [4.69, 9.17) is 19.0 Å². The zero-order valence-corrected chi connectivity index (χ0v) is 34.0. The van der Waals surface area contributed by atoms with Crippen LogP contribution in [0, 0.1) is 34.5 Å². The molecule has 2 saturated heterocycles. The van der Waals surface area contributed by atoms with E-state index in [1.165, 1.54) is 25.7 Å². The van der Waals surface area contributed by atoms with E-state index in [9.17, 15) is 39.9 Å². The van der Waals surface area contributed by atoms with Gasteiger partial charge in [0.05, 0.1) is 53.1 Å². The number of hydrogen-bond donors (Lipinski definition) is 5. The second-order valence-corrected chi connectivity index (χ2v) is 17.9. The van der Waals surface area contributed by atoms with Gasteiger partial charge in [-0.05, 0) is 67.7 Å². The molecular formula is C38H68N2O12. The van der Waals surface area contributed by atoms with E-state index >= 15 is 0 Å². The van der Waals surface area contributed by atoms with Gasteiger partial charge in [-0.3, -0.25) is 9.59 Å². The van der Waals surface area contributed by atoms with Crippen LogP contribution in [-0.2, 0) is 33.4 Å². The molecule has 14 heteroatoms. The van der Waals surface area contributed by atoms with Crippen molar-refractivity contribution in [1.29, 1.82) is 0 Å². The van der Waals surface area contributed by atoms with Crippen molar-refractivity contribution in [1.82, 2.24) is 4.90 Å². The topological polar surface area (TPSA) is 205 Å². The molecule has 0 saturated carbocycles. The molecule has 2 aliphatic heterocycles. The van der Waals surface area contributed by atoms with Crippen molar-refractivity contribution >= 4 is 23.6 Å². The predicted molar refractivity (Wildman–Crippen MR) is 194 cm³/mol. The summed E-state index contributed by atoms with van der Waals surface area (Å²) < 4.78 is 18.3. The second kappa shape index (κ2) is 17.1. The van der Waals surface area contributed by atoms with Crippen LogP contribution < -0.4 is 0 Å². The lowest BCUT2D eigenvalue weighted by Gasteiger charge is -2.48. The smallest absolute Gasteiger partial charge is 0.340 e. The quantitative estimate of drug-likeness (QED) is 0.157. The van der Waals surface area contributed by atoms with Crippen LogP contribution in [0.4, 0.5) is 0 Å². The number of aliphatic hydroxyl groups is 5. The van der Waals surface area contributed by atoms with E-state index < -0.39 is 107 Å². The molecule has 0 aliphatic carbocycles. The maximum atomic E-state index is 13.5. The Labute approximate surface area is 310 Å². The van der Waals surface area contributed by atoms with Gasteiger partial charge in [-0.15, -0.1) is 0 Å². The maximum Gasteiger partial charge on any atom is 0.340 e. The average Bonchev–Trinajstić information content (AvgIpc) is 3.03. The molecule has 0 radical (unpaired) electrons. The molecule has 14 nitrogen and oxygen atoms in total. The van der Waals surface area contributed by atoms with Gasteiger partial charge in [-0.2, -0.15) is 0 Å². The number of ether oxygens (including phenoxy) is 3. The van der Waals surface area contributed by atoms with Crippen LogP contribution in [0.5, 0.6) is 0 Å². The Morgan fingerprint density at radius 2 is 1.50 bits per heavy atom. The van der Waals surface area contributed by atoms with Crippen LogP contribution >= 0.6 is 0 Å². The zero-order valence-electron chi connectivity index (χ0n) is 34.0. The highest BCUT2D eigenvalue weighted by molar-refractivity contribution is 5.89. The molecule has 1 amide bonds. The van der Waals surface area contributed by atoms with Gasteiger partial charge in [0.1, 0.15) is 17.8 Å². The van der Waals surface area contributed by atoms with Gasteiger partial charge in [-0.25, -0.2) is 4.79 Å². The molecule has 0 aromatic heterocycles. The fourth-order valence-corrected chi connectivity index (χ4v) is 7.38. The summed E-state index contributed by atoms with van der Waals surface area (Å²) in [6.07, 6.45) is -8.44. The number of carbonyl (C=O) groups excluding carboxylic acids is 3. The molecule has 1 unspecified atom stereocenters. The molecule has 0 bridgehead atoms. The fraction of sp³-hybridized carbons (Fsp3) is 0.895. The second-order valence-electron chi connectivity index (χ2n) is 17.9. The molecular weight excluding hydrogens is 676 g/mol. The summed E-state index contributed by atoms with van der Waals surface area (Å²) in [5.41, 5.74) is -5.37. The molecule has 52 heavy (non-hydrogen) atoms. The number of aliphatic hydroxyl groups excluding tert-OH is 3.